The molecule has 0 atom stereocenters. The van der Waals surface area contributed by atoms with Crippen molar-refractivity contribution in [3.05, 3.63) is 0 Å². The highest BCUT2D eigenvalue weighted by Crippen LogP contribution is 2.18. The molecule has 0 aromatic carbocycles. The van der Waals surface area contributed by atoms with Crippen molar-refractivity contribution in [3.8, 4) is 0 Å². The lowest BCUT2D eigenvalue weighted by atomic mass is 10.2. The van der Waals surface area contributed by atoms with Gasteiger partial charge in [0.05, 0.1) is 0 Å². The lowest BCUT2D eigenvalue weighted by molar-refractivity contribution is -0.121. The Morgan fingerprint density at radius 2 is 1.68 bits per heavy atom. The number of aliphatic imine (C=N–C) groups is 1. The monoisotopic (exact) mass is 469 g/mol. The minimum Gasteiger partial charge on any atom is -0.444 e. The molecule has 146 valence electrons. The second-order valence-electron chi connectivity index (χ2n) is 6.80. The van der Waals surface area contributed by atoms with Crippen LogP contribution in [0.1, 0.15) is 46.5 Å². The quantitative estimate of drug-likeness (QED) is 0.186. The van der Waals surface area contributed by atoms with Gasteiger partial charge in [-0.2, -0.15) is 0 Å². The first kappa shape index (κ1) is 23.7. The predicted octanol–water partition coefficient (Wildman–Crippen LogP) is 1.35. The van der Waals surface area contributed by atoms with E-state index in [1.165, 1.54) is 0 Å². The molecule has 9 heteroatoms. The number of carbonyl (C=O) groups is 2. The van der Waals surface area contributed by atoms with Crippen LogP contribution >= 0.6 is 24.0 Å². The summed E-state index contributed by atoms with van der Waals surface area (Å²) in [4.78, 5) is 27.1. The van der Waals surface area contributed by atoms with Crippen molar-refractivity contribution in [2.75, 3.05) is 26.7 Å². The first-order valence-electron chi connectivity index (χ1n) is 8.51. The molecule has 2 amide bonds. The van der Waals surface area contributed by atoms with Crippen LogP contribution in [0.5, 0.6) is 0 Å². The van der Waals surface area contributed by atoms with E-state index in [9.17, 15) is 9.59 Å². The summed E-state index contributed by atoms with van der Waals surface area (Å²) in [6.07, 6.45) is 3.04. The van der Waals surface area contributed by atoms with E-state index in [-0.39, 0.29) is 29.9 Å². The summed E-state index contributed by atoms with van der Waals surface area (Å²) in [6, 6.07) is 0.414. The topological polar surface area (TPSA) is 104 Å². The molecule has 8 nitrogen and oxygen atoms in total. The zero-order chi connectivity index (χ0) is 18.0. The number of nitrogens with zero attached hydrogens (tertiary/aromatic N) is 1. The van der Waals surface area contributed by atoms with E-state index in [4.69, 9.17) is 4.74 Å². The van der Waals surface area contributed by atoms with Gasteiger partial charge < -0.3 is 26.0 Å². The van der Waals surface area contributed by atoms with Crippen molar-refractivity contribution in [2.45, 2.75) is 58.1 Å². The minimum atomic E-state index is -0.499. The number of guanidine groups is 1. The Morgan fingerprint density at radius 1 is 1.08 bits per heavy atom. The highest BCUT2D eigenvalue weighted by molar-refractivity contribution is 14.0. The summed E-state index contributed by atoms with van der Waals surface area (Å²) in [5, 5.41) is 11.8. The molecule has 0 unspecified atom stereocenters. The molecular formula is C16H32IN5O3. The normalized spacial score (nSPS) is 14.2. The third-order valence-corrected chi connectivity index (χ3v) is 3.12. The molecule has 0 aromatic rings. The Balaban J connectivity index is 0.00000576. The number of amides is 2. The molecule has 1 saturated carbocycles. The standard InChI is InChI=1S/C16H31N5O3.HI/c1-16(2,3)24-15(23)20-11-10-19-14(17-4)18-9-5-6-13(22)21-12-7-8-12;/h12H,5-11H2,1-4H3,(H,20,23)(H,21,22)(H2,17,18,19);1H. The summed E-state index contributed by atoms with van der Waals surface area (Å²) in [7, 11) is 1.68. The zero-order valence-electron chi connectivity index (χ0n) is 15.6. The van der Waals surface area contributed by atoms with Gasteiger partial charge in [0.2, 0.25) is 5.91 Å². The van der Waals surface area contributed by atoms with Crippen LogP contribution < -0.4 is 21.3 Å². The van der Waals surface area contributed by atoms with E-state index >= 15 is 0 Å². The van der Waals surface area contributed by atoms with Gasteiger partial charge in [0.25, 0.3) is 0 Å². The van der Waals surface area contributed by atoms with Crippen LogP contribution in [0, 0.1) is 0 Å². The Kier molecular flexibility index (Phi) is 11.5. The Morgan fingerprint density at radius 3 is 2.24 bits per heavy atom. The molecule has 0 radical (unpaired) electrons. The molecule has 0 heterocycles. The maximum Gasteiger partial charge on any atom is 0.407 e. The van der Waals surface area contributed by atoms with E-state index < -0.39 is 11.7 Å². The molecule has 1 aliphatic carbocycles. The van der Waals surface area contributed by atoms with Crippen LogP contribution in [0.25, 0.3) is 0 Å². The third-order valence-electron chi connectivity index (χ3n) is 3.12. The van der Waals surface area contributed by atoms with Gasteiger partial charge in [0.1, 0.15) is 5.60 Å². The fourth-order valence-electron chi connectivity index (χ4n) is 1.86. The van der Waals surface area contributed by atoms with Gasteiger partial charge in [-0.3, -0.25) is 9.79 Å². The summed E-state index contributed by atoms with van der Waals surface area (Å²) in [6.45, 7) is 7.09. The van der Waals surface area contributed by atoms with Gasteiger partial charge in [0, 0.05) is 39.1 Å². The first-order valence-corrected chi connectivity index (χ1v) is 8.51. The average Bonchev–Trinajstić information content (AvgIpc) is 3.27. The summed E-state index contributed by atoms with van der Waals surface area (Å²) in [5.41, 5.74) is -0.499. The molecule has 0 aromatic heterocycles. The van der Waals surface area contributed by atoms with Gasteiger partial charge in [-0.25, -0.2) is 4.79 Å². The van der Waals surface area contributed by atoms with Gasteiger partial charge in [0.15, 0.2) is 5.96 Å². The average molecular weight is 469 g/mol. The molecule has 1 aliphatic rings. The second-order valence-corrected chi connectivity index (χ2v) is 6.80. The van der Waals surface area contributed by atoms with Crippen molar-refractivity contribution in [2.24, 2.45) is 4.99 Å². The fourth-order valence-corrected chi connectivity index (χ4v) is 1.86. The highest BCUT2D eigenvalue weighted by Gasteiger charge is 2.22. The number of ether oxygens (including phenoxy) is 1. The predicted molar refractivity (Wildman–Crippen MR) is 109 cm³/mol. The van der Waals surface area contributed by atoms with E-state index in [1.54, 1.807) is 7.05 Å². The summed E-state index contributed by atoms with van der Waals surface area (Å²) < 4.78 is 5.14. The van der Waals surface area contributed by atoms with Crippen molar-refractivity contribution < 1.29 is 14.3 Å². The first-order chi connectivity index (χ1) is 11.3. The van der Waals surface area contributed by atoms with Gasteiger partial charge in [-0.15, -0.1) is 24.0 Å². The molecule has 0 spiro atoms. The number of rotatable bonds is 8. The molecule has 4 N–H and O–H groups in total. The summed E-state index contributed by atoms with van der Waals surface area (Å²) >= 11 is 0. The number of hydrogen-bond acceptors (Lipinski definition) is 4. The Labute approximate surface area is 167 Å². The number of alkyl carbamates (subject to hydrolysis) is 1. The molecule has 25 heavy (non-hydrogen) atoms. The maximum atomic E-state index is 11.5. The Hall–Kier alpha value is -1.26. The van der Waals surface area contributed by atoms with Crippen molar-refractivity contribution in [1.82, 2.24) is 21.3 Å². The van der Waals surface area contributed by atoms with Crippen LogP contribution in [-0.4, -0.2) is 56.3 Å². The summed E-state index contributed by atoms with van der Waals surface area (Å²) in [5.74, 6) is 0.757. The molecule has 1 rings (SSSR count). The van der Waals surface area contributed by atoms with E-state index in [0.29, 0.717) is 38.1 Å². The molecule has 0 saturated heterocycles. The minimum absolute atomic E-state index is 0. The largest absolute Gasteiger partial charge is 0.444 e. The molecular weight excluding hydrogens is 437 g/mol. The van der Waals surface area contributed by atoms with Gasteiger partial charge in [-0.05, 0) is 40.0 Å². The van der Waals surface area contributed by atoms with Crippen LogP contribution in [0.2, 0.25) is 0 Å². The third kappa shape index (κ3) is 13.7. The SMILES string of the molecule is CN=C(NCCCC(=O)NC1CC1)NCCNC(=O)OC(C)(C)C.I. The molecule has 1 fully saturated rings. The van der Waals surface area contributed by atoms with E-state index in [2.05, 4.69) is 26.3 Å². The Bertz CT molecular complexity index is 448. The second kappa shape index (κ2) is 12.2. The van der Waals surface area contributed by atoms with Crippen LogP contribution in [0.3, 0.4) is 0 Å². The maximum absolute atomic E-state index is 11.5. The van der Waals surface area contributed by atoms with Crippen molar-refractivity contribution >= 4 is 41.9 Å². The lowest BCUT2D eigenvalue weighted by Gasteiger charge is -2.19. The van der Waals surface area contributed by atoms with Gasteiger partial charge >= 0.3 is 6.09 Å². The number of nitrogens with one attached hydrogen (secondary N) is 4. The van der Waals surface area contributed by atoms with Crippen LogP contribution in [0.4, 0.5) is 4.79 Å². The zero-order valence-corrected chi connectivity index (χ0v) is 17.9. The highest BCUT2D eigenvalue weighted by atomic mass is 127. The lowest BCUT2D eigenvalue weighted by Crippen LogP contribution is -2.42. The number of carbonyl (C=O) groups excluding carboxylic acids is 2. The number of hydrogen-bond donors (Lipinski definition) is 4. The smallest absolute Gasteiger partial charge is 0.407 e. The fraction of sp³-hybridized carbons (Fsp3) is 0.812. The van der Waals surface area contributed by atoms with E-state index in [1.807, 2.05) is 20.8 Å². The van der Waals surface area contributed by atoms with Crippen molar-refractivity contribution in [3.63, 3.8) is 0 Å². The van der Waals surface area contributed by atoms with Crippen molar-refractivity contribution in [1.29, 1.82) is 0 Å². The van der Waals surface area contributed by atoms with Crippen LogP contribution in [-0.2, 0) is 9.53 Å². The van der Waals surface area contributed by atoms with E-state index in [0.717, 1.165) is 19.3 Å². The van der Waals surface area contributed by atoms with Gasteiger partial charge in [-0.1, -0.05) is 0 Å². The van der Waals surface area contributed by atoms with Crippen LogP contribution in [0.15, 0.2) is 4.99 Å². The number of halogens is 1. The molecule has 0 bridgehead atoms. The molecule has 0 aliphatic heterocycles.